The summed E-state index contributed by atoms with van der Waals surface area (Å²) in [5.74, 6) is 0.781. The van der Waals surface area contributed by atoms with E-state index in [4.69, 9.17) is 0 Å². The minimum atomic E-state index is 0.0584. The lowest BCUT2D eigenvalue weighted by Gasteiger charge is -2.21. The summed E-state index contributed by atoms with van der Waals surface area (Å²) in [6, 6.07) is 7.50. The molecule has 0 unspecified atom stereocenters. The number of aryl methyl sites for hydroxylation is 1. The minimum absolute atomic E-state index is 0.0584. The third-order valence-corrected chi connectivity index (χ3v) is 2.68. The molecule has 0 N–H and O–H groups in total. The van der Waals surface area contributed by atoms with Crippen molar-refractivity contribution in [2.45, 2.75) is 34.2 Å². The summed E-state index contributed by atoms with van der Waals surface area (Å²) in [4.78, 5) is 16.8. The molecule has 0 spiro atoms. The zero-order valence-electron chi connectivity index (χ0n) is 10.8. The Hall–Kier alpha value is -1.64. The predicted molar refractivity (Wildman–Crippen MR) is 70.2 cm³/mol. The van der Waals surface area contributed by atoms with Crippen molar-refractivity contribution in [1.82, 2.24) is 9.55 Å². The zero-order chi connectivity index (χ0) is 12.6. The number of rotatable bonds is 1. The summed E-state index contributed by atoms with van der Waals surface area (Å²) < 4.78 is 1.77. The Morgan fingerprint density at radius 2 is 1.88 bits per heavy atom. The molecule has 0 saturated heterocycles. The molecule has 0 atom stereocenters. The van der Waals surface area contributed by atoms with Crippen molar-refractivity contribution in [2.75, 3.05) is 0 Å². The lowest BCUT2D eigenvalue weighted by Crippen LogP contribution is -2.29. The number of aromatic nitrogens is 2. The SMILES string of the molecule is Cc1nc2ccccc2c(=O)n1CC(C)(C)C. The van der Waals surface area contributed by atoms with Crippen LogP contribution >= 0.6 is 0 Å². The molecule has 1 aromatic heterocycles. The van der Waals surface area contributed by atoms with E-state index in [-0.39, 0.29) is 11.0 Å². The van der Waals surface area contributed by atoms with Crippen molar-refractivity contribution in [1.29, 1.82) is 0 Å². The highest BCUT2D eigenvalue weighted by Gasteiger charge is 2.15. The van der Waals surface area contributed by atoms with E-state index in [1.165, 1.54) is 0 Å². The molecule has 0 amide bonds. The average molecular weight is 230 g/mol. The van der Waals surface area contributed by atoms with E-state index < -0.39 is 0 Å². The maximum absolute atomic E-state index is 12.3. The maximum atomic E-state index is 12.3. The molecule has 0 aliphatic rings. The molecule has 1 aromatic carbocycles. The molecule has 0 aliphatic carbocycles. The van der Waals surface area contributed by atoms with Crippen LogP contribution in [0.1, 0.15) is 26.6 Å². The fraction of sp³-hybridized carbons (Fsp3) is 0.429. The summed E-state index contributed by atoms with van der Waals surface area (Å²) in [5, 5.41) is 0.697. The van der Waals surface area contributed by atoms with Gasteiger partial charge in [0.05, 0.1) is 10.9 Å². The first kappa shape index (κ1) is 11.8. The number of para-hydroxylation sites is 1. The highest BCUT2D eigenvalue weighted by Crippen LogP contribution is 2.17. The third kappa shape index (κ3) is 2.38. The quantitative estimate of drug-likeness (QED) is 0.755. The van der Waals surface area contributed by atoms with Crippen molar-refractivity contribution >= 4 is 10.9 Å². The summed E-state index contributed by atoms with van der Waals surface area (Å²) in [5.41, 5.74) is 0.904. The summed E-state index contributed by atoms with van der Waals surface area (Å²) in [6.45, 7) is 8.94. The first-order valence-corrected chi connectivity index (χ1v) is 5.85. The molecular formula is C14H18N2O. The number of benzene rings is 1. The second-order valence-electron chi connectivity index (χ2n) is 5.63. The molecule has 3 heteroatoms. The van der Waals surface area contributed by atoms with E-state index in [1.54, 1.807) is 4.57 Å². The fourth-order valence-electron chi connectivity index (χ4n) is 1.94. The van der Waals surface area contributed by atoms with E-state index in [2.05, 4.69) is 25.8 Å². The highest BCUT2D eigenvalue weighted by molar-refractivity contribution is 5.77. The van der Waals surface area contributed by atoms with Crippen LogP contribution in [0.5, 0.6) is 0 Å². The van der Waals surface area contributed by atoms with Crippen molar-refractivity contribution in [3.8, 4) is 0 Å². The van der Waals surface area contributed by atoms with Gasteiger partial charge in [0, 0.05) is 6.54 Å². The van der Waals surface area contributed by atoms with Gasteiger partial charge in [0.2, 0.25) is 0 Å². The number of hydrogen-bond donors (Lipinski definition) is 0. The third-order valence-electron chi connectivity index (χ3n) is 2.68. The molecule has 0 saturated carbocycles. The summed E-state index contributed by atoms with van der Waals surface area (Å²) in [7, 11) is 0. The van der Waals surface area contributed by atoms with Crippen LogP contribution in [0.3, 0.4) is 0 Å². The number of hydrogen-bond acceptors (Lipinski definition) is 2. The highest BCUT2D eigenvalue weighted by atomic mass is 16.1. The Labute approximate surface area is 101 Å². The molecule has 90 valence electrons. The van der Waals surface area contributed by atoms with Crippen molar-refractivity contribution < 1.29 is 0 Å². The van der Waals surface area contributed by atoms with Crippen LogP contribution in [0.4, 0.5) is 0 Å². The molecule has 2 aromatic rings. The van der Waals surface area contributed by atoms with Gasteiger partial charge in [0.25, 0.3) is 5.56 Å². The second kappa shape index (κ2) is 3.99. The van der Waals surface area contributed by atoms with Gasteiger partial charge >= 0.3 is 0 Å². The van der Waals surface area contributed by atoms with Crippen LogP contribution in [-0.4, -0.2) is 9.55 Å². The van der Waals surface area contributed by atoms with Gasteiger partial charge in [-0.2, -0.15) is 0 Å². The fourth-order valence-corrected chi connectivity index (χ4v) is 1.94. The smallest absolute Gasteiger partial charge is 0.261 e. The van der Waals surface area contributed by atoms with Crippen molar-refractivity contribution in [3.05, 3.63) is 40.4 Å². The molecule has 2 rings (SSSR count). The van der Waals surface area contributed by atoms with Gasteiger partial charge < -0.3 is 0 Å². The Morgan fingerprint density at radius 3 is 2.53 bits per heavy atom. The van der Waals surface area contributed by atoms with E-state index in [9.17, 15) is 4.79 Å². The topological polar surface area (TPSA) is 34.9 Å². The summed E-state index contributed by atoms with van der Waals surface area (Å²) in [6.07, 6.45) is 0. The van der Waals surface area contributed by atoms with Crippen LogP contribution in [0.25, 0.3) is 10.9 Å². The van der Waals surface area contributed by atoms with Gasteiger partial charge in [-0.3, -0.25) is 9.36 Å². The van der Waals surface area contributed by atoms with Gasteiger partial charge in [-0.05, 0) is 24.5 Å². The van der Waals surface area contributed by atoms with Crippen LogP contribution in [0, 0.1) is 12.3 Å². The molecule has 0 radical (unpaired) electrons. The Morgan fingerprint density at radius 1 is 1.24 bits per heavy atom. The molecule has 0 bridgehead atoms. The molecular weight excluding hydrogens is 212 g/mol. The average Bonchev–Trinajstić information content (AvgIpc) is 2.23. The second-order valence-corrected chi connectivity index (χ2v) is 5.63. The Balaban J connectivity index is 2.68. The van der Waals surface area contributed by atoms with Crippen LogP contribution < -0.4 is 5.56 Å². The van der Waals surface area contributed by atoms with Crippen LogP contribution in [0.15, 0.2) is 29.1 Å². The molecule has 0 aliphatic heterocycles. The van der Waals surface area contributed by atoms with E-state index in [0.717, 1.165) is 11.3 Å². The van der Waals surface area contributed by atoms with Gasteiger partial charge in [0.1, 0.15) is 5.82 Å². The summed E-state index contributed by atoms with van der Waals surface area (Å²) >= 11 is 0. The molecule has 17 heavy (non-hydrogen) atoms. The van der Waals surface area contributed by atoms with Crippen LogP contribution in [-0.2, 0) is 6.54 Å². The van der Waals surface area contributed by atoms with Gasteiger partial charge in [-0.1, -0.05) is 32.9 Å². The van der Waals surface area contributed by atoms with E-state index in [1.807, 2.05) is 31.2 Å². The predicted octanol–water partition coefficient (Wildman–Crippen LogP) is 2.75. The zero-order valence-corrected chi connectivity index (χ0v) is 10.8. The lowest BCUT2D eigenvalue weighted by atomic mass is 9.96. The molecule has 0 fully saturated rings. The van der Waals surface area contributed by atoms with Crippen molar-refractivity contribution in [2.24, 2.45) is 5.41 Å². The molecule has 3 nitrogen and oxygen atoms in total. The van der Waals surface area contributed by atoms with Crippen molar-refractivity contribution in [3.63, 3.8) is 0 Å². The Bertz CT molecular complexity index is 606. The van der Waals surface area contributed by atoms with Gasteiger partial charge in [-0.25, -0.2) is 4.98 Å². The Kier molecular flexibility index (Phi) is 2.77. The molecule has 1 heterocycles. The minimum Gasteiger partial charge on any atom is -0.296 e. The van der Waals surface area contributed by atoms with E-state index >= 15 is 0 Å². The lowest BCUT2D eigenvalue weighted by molar-refractivity contribution is 0.333. The van der Waals surface area contributed by atoms with Gasteiger partial charge in [-0.15, -0.1) is 0 Å². The van der Waals surface area contributed by atoms with Gasteiger partial charge in [0.15, 0.2) is 0 Å². The largest absolute Gasteiger partial charge is 0.296 e. The van der Waals surface area contributed by atoms with E-state index in [0.29, 0.717) is 11.9 Å². The number of nitrogens with zero attached hydrogens (tertiary/aromatic N) is 2. The first-order chi connectivity index (χ1) is 7.88. The monoisotopic (exact) mass is 230 g/mol. The maximum Gasteiger partial charge on any atom is 0.261 e. The standard InChI is InChI=1S/C14H18N2O/c1-10-15-12-8-6-5-7-11(12)13(17)16(10)9-14(2,3)4/h5-8H,9H2,1-4H3. The first-order valence-electron chi connectivity index (χ1n) is 5.85. The number of fused-ring (bicyclic) bond motifs is 1. The van der Waals surface area contributed by atoms with Crippen LogP contribution in [0.2, 0.25) is 0 Å². The normalized spacial score (nSPS) is 12.0.